The maximum Gasteiger partial charge on any atom is 0.315 e. The van der Waals surface area contributed by atoms with Crippen LogP contribution in [-0.2, 0) is 9.59 Å². The molecule has 0 saturated carbocycles. The third kappa shape index (κ3) is 4.33. The largest absolute Gasteiger partial charge is 0.395 e. The van der Waals surface area contributed by atoms with Crippen molar-refractivity contribution in [3.8, 4) is 0 Å². The van der Waals surface area contributed by atoms with Crippen LogP contribution in [0.25, 0.3) is 0 Å². The molecule has 0 aromatic carbocycles. The van der Waals surface area contributed by atoms with Crippen molar-refractivity contribution < 1.29 is 19.8 Å². The Morgan fingerprint density at radius 2 is 2.00 bits per heavy atom. The van der Waals surface area contributed by atoms with Crippen molar-refractivity contribution in [1.29, 1.82) is 0 Å². The zero-order valence-electron chi connectivity index (χ0n) is 9.26. The van der Waals surface area contributed by atoms with E-state index >= 15 is 0 Å². The van der Waals surface area contributed by atoms with E-state index in [0.29, 0.717) is 11.7 Å². The highest BCUT2D eigenvalue weighted by Crippen LogP contribution is 2.08. The lowest BCUT2D eigenvalue weighted by Gasteiger charge is -2.19. The first-order valence-electron chi connectivity index (χ1n) is 5.18. The van der Waals surface area contributed by atoms with Crippen LogP contribution in [-0.4, -0.2) is 70.7 Å². The summed E-state index contributed by atoms with van der Waals surface area (Å²) < 4.78 is 0. The van der Waals surface area contributed by atoms with E-state index in [-0.39, 0.29) is 26.3 Å². The van der Waals surface area contributed by atoms with Gasteiger partial charge in [-0.1, -0.05) is 11.8 Å². The molecule has 0 aromatic rings. The number of hydrogen-bond acceptors (Lipinski definition) is 6. The predicted octanol–water partition coefficient (Wildman–Crippen LogP) is -1.98. The van der Waals surface area contributed by atoms with Crippen LogP contribution in [0.4, 0.5) is 0 Å². The molecule has 0 fully saturated rings. The molecule has 0 saturated heterocycles. The second kappa shape index (κ2) is 7.25. The fraction of sp³-hybridized carbons (Fsp3) is 0.667. The van der Waals surface area contributed by atoms with Crippen molar-refractivity contribution in [1.82, 2.24) is 10.2 Å². The smallest absolute Gasteiger partial charge is 0.315 e. The number of rotatable bonds is 4. The molecule has 1 aliphatic rings. The first kappa shape index (κ1) is 13.9. The minimum Gasteiger partial charge on any atom is -0.395 e. The van der Waals surface area contributed by atoms with E-state index in [1.807, 2.05) is 0 Å². The molecular weight excluding hydrogens is 246 g/mol. The number of thioether (sulfide) groups is 1. The maximum atomic E-state index is 11.6. The minimum atomic E-state index is -0.792. The highest BCUT2D eigenvalue weighted by molar-refractivity contribution is 8.14. The number of carbonyl (C=O) groups excluding carboxylic acids is 2. The lowest BCUT2D eigenvalue weighted by molar-refractivity contribution is -0.145. The van der Waals surface area contributed by atoms with Crippen molar-refractivity contribution >= 4 is 28.7 Å². The van der Waals surface area contributed by atoms with E-state index in [0.717, 1.165) is 10.7 Å². The maximum absolute atomic E-state index is 11.6. The third-order valence-electron chi connectivity index (χ3n) is 2.03. The molecule has 7 nitrogen and oxygen atoms in total. The number of carbonyl (C=O) groups is 2. The summed E-state index contributed by atoms with van der Waals surface area (Å²) in [5, 5.41) is 20.3. The first-order valence-corrected chi connectivity index (χ1v) is 6.16. The van der Waals surface area contributed by atoms with Crippen LogP contribution in [0.3, 0.4) is 0 Å². The van der Waals surface area contributed by atoms with Gasteiger partial charge >= 0.3 is 11.8 Å². The molecule has 1 heterocycles. The van der Waals surface area contributed by atoms with E-state index in [4.69, 9.17) is 10.2 Å². The summed E-state index contributed by atoms with van der Waals surface area (Å²) in [6, 6.07) is 0. The van der Waals surface area contributed by atoms with Gasteiger partial charge in [0.05, 0.1) is 19.8 Å². The molecule has 0 spiro atoms. The fourth-order valence-corrected chi connectivity index (χ4v) is 1.98. The summed E-state index contributed by atoms with van der Waals surface area (Å²) >= 11 is 1.38. The van der Waals surface area contributed by atoms with E-state index in [9.17, 15) is 9.59 Å². The van der Waals surface area contributed by atoms with Crippen LogP contribution in [0.1, 0.15) is 0 Å². The lowest BCUT2D eigenvalue weighted by atomic mass is 10.4. The molecule has 17 heavy (non-hydrogen) atoms. The molecule has 0 aromatic heterocycles. The Labute approximate surface area is 103 Å². The molecule has 0 radical (unpaired) electrons. The average molecular weight is 261 g/mol. The second-order valence-corrected chi connectivity index (χ2v) is 4.31. The van der Waals surface area contributed by atoms with Gasteiger partial charge in [-0.2, -0.15) is 0 Å². The van der Waals surface area contributed by atoms with E-state index in [1.54, 1.807) is 0 Å². The molecule has 3 N–H and O–H groups in total. The minimum absolute atomic E-state index is 0.0203. The van der Waals surface area contributed by atoms with Gasteiger partial charge in [0.15, 0.2) is 5.17 Å². The van der Waals surface area contributed by atoms with E-state index < -0.39 is 11.8 Å². The van der Waals surface area contributed by atoms with E-state index in [2.05, 4.69) is 10.3 Å². The first-order chi connectivity index (χ1) is 8.19. The molecule has 1 aliphatic heterocycles. The zero-order chi connectivity index (χ0) is 12.7. The van der Waals surface area contributed by atoms with Crippen LogP contribution in [0.2, 0.25) is 0 Å². The third-order valence-corrected chi connectivity index (χ3v) is 2.92. The van der Waals surface area contributed by atoms with Gasteiger partial charge in [0.25, 0.3) is 0 Å². The summed E-state index contributed by atoms with van der Waals surface area (Å²) in [5.74, 6) is -0.774. The highest BCUT2D eigenvalue weighted by Gasteiger charge is 2.23. The van der Waals surface area contributed by atoms with Crippen LogP contribution in [0, 0.1) is 0 Å². The van der Waals surface area contributed by atoms with Crippen LogP contribution < -0.4 is 5.32 Å². The van der Waals surface area contributed by atoms with E-state index in [1.165, 1.54) is 11.8 Å². The molecule has 0 aliphatic carbocycles. The average Bonchev–Trinajstić information content (AvgIpc) is 2.80. The molecule has 0 atom stereocenters. The number of aliphatic hydroxyl groups excluding tert-OH is 2. The van der Waals surface area contributed by atoms with Gasteiger partial charge in [-0.15, -0.1) is 0 Å². The van der Waals surface area contributed by atoms with Crippen molar-refractivity contribution in [2.45, 2.75) is 0 Å². The van der Waals surface area contributed by atoms with Gasteiger partial charge in [0.1, 0.15) is 0 Å². The van der Waals surface area contributed by atoms with Gasteiger partial charge in [0.2, 0.25) is 0 Å². The molecule has 2 amide bonds. The molecular formula is C9H15N3O4S. The summed E-state index contributed by atoms with van der Waals surface area (Å²) in [6.45, 7) is 0.160. The topological polar surface area (TPSA) is 102 Å². The Hall–Kier alpha value is -1.12. The summed E-state index contributed by atoms with van der Waals surface area (Å²) in [5.41, 5.74) is 0. The number of nitrogens with one attached hydrogen (secondary N) is 1. The molecule has 8 heteroatoms. The van der Waals surface area contributed by atoms with Crippen LogP contribution in [0.5, 0.6) is 0 Å². The van der Waals surface area contributed by atoms with Gasteiger partial charge in [-0.3, -0.25) is 19.9 Å². The monoisotopic (exact) mass is 261 g/mol. The van der Waals surface area contributed by atoms with Gasteiger partial charge < -0.3 is 15.1 Å². The number of nitrogens with zero attached hydrogens (tertiary/aromatic N) is 2. The van der Waals surface area contributed by atoms with Crippen molar-refractivity contribution in [2.75, 3.05) is 38.6 Å². The second-order valence-electron chi connectivity index (χ2n) is 3.23. The summed E-state index contributed by atoms with van der Waals surface area (Å²) in [7, 11) is 0. The molecule has 1 rings (SSSR count). The quantitative estimate of drug-likeness (QED) is 0.509. The SMILES string of the molecule is O=C(NC1=NCCS1)C(=O)N(CCO)CCO. The number of hydrogen-bond donors (Lipinski definition) is 3. The Balaban J connectivity index is 2.50. The van der Waals surface area contributed by atoms with Crippen molar-refractivity contribution in [3.05, 3.63) is 0 Å². The summed E-state index contributed by atoms with van der Waals surface area (Å²) in [6.07, 6.45) is 0. The Morgan fingerprint density at radius 3 is 2.47 bits per heavy atom. The predicted molar refractivity (Wildman–Crippen MR) is 63.7 cm³/mol. The van der Waals surface area contributed by atoms with Gasteiger partial charge in [-0.05, 0) is 0 Å². The number of amides is 2. The lowest BCUT2D eigenvalue weighted by Crippen LogP contribution is -2.46. The molecule has 0 unspecified atom stereocenters. The summed E-state index contributed by atoms with van der Waals surface area (Å²) in [4.78, 5) is 28.2. The Kier molecular flexibility index (Phi) is 5.95. The zero-order valence-corrected chi connectivity index (χ0v) is 10.1. The Bertz CT molecular complexity index is 315. The molecule has 96 valence electrons. The van der Waals surface area contributed by atoms with Gasteiger partial charge in [-0.25, -0.2) is 0 Å². The van der Waals surface area contributed by atoms with Crippen molar-refractivity contribution in [2.24, 2.45) is 4.99 Å². The Morgan fingerprint density at radius 1 is 1.35 bits per heavy atom. The number of aliphatic imine (C=N–C) groups is 1. The van der Waals surface area contributed by atoms with Crippen LogP contribution in [0.15, 0.2) is 4.99 Å². The van der Waals surface area contributed by atoms with Crippen LogP contribution >= 0.6 is 11.8 Å². The van der Waals surface area contributed by atoms with Gasteiger partial charge in [0, 0.05) is 18.8 Å². The number of amidine groups is 1. The standard InChI is InChI=1S/C9H15N3O4S/c13-4-2-12(3-5-14)8(16)7(15)11-9-10-1-6-17-9/h13-14H,1-6H2,(H,10,11,15). The normalized spacial score (nSPS) is 14.4. The molecule has 0 bridgehead atoms. The fourth-order valence-electron chi connectivity index (χ4n) is 1.26. The number of aliphatic hydroxyl groups is 2. The highest BCUT2D eigenvalue weighted by atomic mass is 32.2. The van der Waals surface area contributed by atoms with Crippen molar-refractivity contribution in [3.63, 3.8) is 0 Å².